The molecule has 0 N–H and O–H groups in total. The largest absolute Gasteiger partial charge is 0.496 e. The van der Waals surface area contributed by atoms with E-state index in [1.165, 1.54) is 42.4 Å². The Hall–Kier alpha value is -1.47. The van der Waals surface area contributed by atoms with Crippen LogP contribution in [-0.4, -0.2) is 7.11 Å². The predicted molar refractivity (Wildman–Crippen MR) is 88.4 cm³/mol. The Morgan fingerprint density at radius 3 is 2.62 bits per heavy atom. The minimum absolute atomic E-state index is 0.00599. The average molecular weight is 301 g/mol. The molecule has 1 nitrogen and oxygen atoms in total. The summed E-state index contributed by atoms with van der Waals surface area (Å²) in [4.78, 5) is 0. The van der Waals surface area contributed by atoms with Crippen molar-refractivity contribution < 1.29 is 4.74 Å². The van der Waals surface area contributed by atoms with E-state index in [4.69, 9.17) is 16.3 Å². The molecule has 0 saturated heterocycles. The molecule has 0 radical (unpaired) electrons. The minimum Gasteiger partial charge on any atom is -0.496 e. The van der Waals surface area contributed by atoms with Gasteiger partial charge < -0.3 is 4.74 Å². The number of rotatable bonds is 4. The fourth-order valence-electron chi connectivity index (χ4n) is 3.13. The molecule has 0 spiro atoms. The molecule has 2 heteroatoms. The average Bonchev–Trinajstić information content (AvgIpc) is 2.55. The third kappa shape index (κ3) is 3.24. The van der Waals surface area contributed by atoms with Crippen LogP contribution in [0, 0.1) is 0 Å². The van der Waals surface area contributed by atoms with Gasteiger partial charge in [0.25, 0.3) is 0 Å². The van der Waals surface area contributed by atoms with Gasteiger partial charge in [-0.15, -0.1) is 11.6 Å². The van der Waals surface area contributed by atoms with Gasteiger partial charge in [-0.05, 0) is 60.4 Å². The lowest BCUT2D eigenvalue weighted by Crippen LogP contribution is -2.05. The first-order valence-corrected chi connectivity index (χ1v) is 8.09. The van der Waals surface area contributed by atoms with Crippen molar-refractivity contribution in [3.8, 4) is 5.75 Å². The maximum absolute atomic E-state index is 6.66. The van der Waals surface area contributed by atoms with Crippen LogP contribution < -0.4 is 4.74 Å². The van der Waals surface area contributed by atoms with Crippen molar-refractivity contribution in [1.82, 2.24) is 0 Å². The van der Waals surface area contributed by atoms with Gasteiger partial charge in [0, 0.05) is 0 Å². The Bertz CT molecular complexity index is 621. The molecule has 0 fully saturated rings. The molecule has 0 bridgehead atoms. The first-order valence-electron chi connectivity index (χ1n) is 7.65. The summed E-state index contributed by atoms with van der Waals surface area (Å²) < 4.78 is 5.41. The number of para-hydroxylation sites is 1. The maximum atomic E-state index is 6.66. The van der Waals surface area contributed by atoms with Crippen molar-refractivity contribution in [3.63, 3.8) is 0 Å². The van der Waals surface area contributed by atoms with Crippen LogP contribution in [-0.2, 0) is 19.3 Å². The number of alkyl halides is 1. The van der Waals surface area contributed by atoms with Crippen molar-refractivity contribution >= 4 is 11.6 Å². The summed E-state index contributed by atoms with van der Waals surface area (Å²) >= 11 is 6.66. The van der Waals surface area contributed by atoms with Crippen LogP contribution in [0.5, 0.6) is 5.75 Å². The van der Waals surface area contributed by atoms with Crippen molar-refractivity contribution in [3.05, 3.63) is 64.7 Å². The Labute approximate surface area is 131 Å². The normalized spacial score (nSPS) is 15.3. The van der Waals surface area contributed by atoms with Crippen LogP contribution >= 0.6 is 11.6 Å². The van der Waals surface area contributed by atoms with Gasteiger partial charge in [0.15, 0.2) is 0 Å². The predicted octanol–water partition coefficient (Wildman–Crippen LogP) is 5.10. The van der Waals surface area contributed by atoms with Crippen LogP contribution in [0.1, 0.15) is 40.5 Å². The molecule has 2 aromatic carbocycles. The van der Waals surface area contributed by atoms with E-state index in [0.717, 1.165) is 17.7 Å². The molecule has 2 aromatic rings. The van der Waals surface area contributed by atoms with Crippen molar-refractivity contribution in [2.24, 2.45) is 0 Å². The molecule has 1 atom stereocenters. The Morgan fingerprint density at radius 2 is 1.81 bits per heavy atom. The van der Waals surface area contributed by atoms with Crippen molar-refractivity contribution in [2.45, 2.75) is 37.5 Å². The fraction of sp³-hybridized carbons (Fsp3) is 0.368. The lowest BCUT2D eigenvalue weighted by atomic mass is 9.89. The highest BCUT2D eigenvalue weighted by molar-refractivity contribution is 6.21. The topological polar surface area (TPSA) is 9.23 Å². The van der Waals surface area contributed by atoms with E-state index >= 15 is 0 Å². The third-order valence-corrected chi connectivity index (χ3v) is 4.73. The summed E-state index contributed by atoms with van der Waals surface area (Å²) in [7, 11) is 1.71. The number of hydrogen-bond donors (Lipinski definition) is 0. The van der Waals surface area contributed by atoms with Gasteiger partial charge >= 0.3 is 0 Å². The molecule has 21 heavy (non-hydrogen) atoms. The zero-order valence-electron chi connectivity index (χ0n) is 12.4. The third-order valence-electron chi connectivity index (χ3n) is 4.33. The Balaban J connectivity index is 1.80. The highest BCUT2D eigenvalue weighted by Gasteiger charge is 2.15. The first kappa shape index (κ1) is 14.5. The highest BCUT2D eigenvalue weighted by atomic mass is 35.5. The second-order valence-electron chi connectivity index (χ2n) is 5.72. The zero-order valence-corrected chi connectivity index (χ0v) is 13.2. The Morgan fingerprint density at radius 1 is 1.05 bits per heavy atom. The molecule has 1 unspecified atom stereocenters. The number of aryl methyl sites for hydroxylation is 2. The molecule has 1 aliphatic carbocycles. The molecule has 0 amide bonds. The quantitative estimate of drug-likeness (QED) is 0.714. The van der Waals surface area contributed by atoms with Gasteiger partial charge in [-0.2, -0.15) is 0 Å². The summed E-state index contributed by atoms with van der Waals surface area (Å²) in [6.07, 6.45) is 5.83. The summed E-state index contributed by atoms with van der Waals surface area (Å²) in [5, 5.41) is -0.00599. The summed E-state index contributed by atoms with van der Waals surface area (Å²) in [6, 6.07) is 14.9. The van der Waals surface area contributed by atoms with E-state index in [-0.39, 0.29) is 5.38 Å². The first-order chi connectivity index (χ1) is 10.3. The van der Waals surface area contributed by atoms with Gasteiger partial charge in [-0.3, -0.25) is 0 Å². The molecular weight excluding hydrogens is 280 g/mol. The standard InChI is InChI=1S/C19H21ClO/c1-21-19-9-5-4-8-17(19)13-18(20)16-11-10-14-6-2-3-7-15(14)12-16/h4-5,8-12,18H,2-3,6-7,13H2,1H3. The van der Waals surface area contributed by atoms with Crippen LogP contribution in [0.3, 0.4) is 0 Å². The van der Waals surface area contributed by atoms with Crippen molar-refractivity contribution in [1.29, 1.82) is 0 Å². The molecule has 3 rings (SSSR count). The van der Waals surface area contributed by atoms with Gasteiger partial charge in [0.1, 0.15) is 5.75 Å². The van der Waals surface area contributed by atoms with Gasteiger partial charge in [0.2, 0.25) is 0 Å². The fourth-order valence-corrected chi connectivity index (χ4v) is 3.43. The van der Waals surface area contributed by atoms with E-state index in [9.17, 15) is 0 Å². The van der Waals surface area contributed by atoms with Crippen LogP contribution in [0.25, 0.3) is 0 Å². The number of halogens is 1. The smallest absolute Gasteiger partial charge is 0.122 e. The summed E-state index contributed by atoms with van der Waals surface area (Å²) in [5.41, 5.74) is 5.39. The molecule has 0 heterocycles. The number of hydrogen-bond acceptors (Lipinski definition) is 1. The van der Waals surface area contributed by atoms with E-state index in [1.54, 1.807) is 7.11 Å². The van der Waals surface area contributed by atoms with Crippen LogP contribution in [0.4, 0.5) is 0 Å². The number of methoxy groups -OCH3 is 1. The van der Waals surface area contributed by atoms with E-state index in [0.29, 0.717) is 0 Å². The Kier molecular flexibility index (Phi) is 4.50. The lowest BCUT2D eigenvalue weighted by Gasteiger charge is -2.19. The number of fused-ring (bicyclic) bond motifs is 1. The van der Waals surface area contributed by atoms with Crippen LogP contribution in [0.15, 0.2) is 42.5 Å². The monoisotopic (exact) mass is 300 g/mol. The van der Waals surface area contributed by atoms with Gasteiger partial charge in [-0.1, -0.05) is 36.4 Å². The number of ether oxygens (including phenoxy) is 1. The van der Waals surface area contributed by atoms with E-state index in [2.05, 4.69) is 24.3 Å². The zero-order chi connectivity index (χ0) is 14.7. The second kappa shape index (κ2) is 6.53. The summed E-state index contributed by atoms with van der Waals surface area (Å²) in [6.45, 7) is 0. The highest BCUT2D eigenvalue weighted by Crippen LogP contribution is 2.32. The van der Waals surface area contributed by atoms with Crippen molar-refractivity contribution in [2.75, 3.05) is 7.11 Å². The molecule has 110 valence electrons. The molecule has 0 aliphatic heterocycles. The molecule has 1 aliphatic rings. The maximum Gasteiger partial charge on any atom is 0.122 e. The van der Waals surface area contributed by atoms with Gasteiger partial charge in [-0.25, -0.2) is 0 Å². The second-order valence-corrected chi connectivity index (χ2v) is 6.25. The lowest BCUT2D eigenvalue weighted by molar-refractivity contribution is 0.409. The molecule has 0 aromatic heterocycles. The number of benzene rings is 2. The van der Waals surface area contributed by atoms with Gasteiger partial charge in [0.05, 0.1) is 12.5 Å². The molecular formula is C19H21ClO. The van der Waals surface area contributed by atoms with E-state index in [1.807, 2.05) is 18.2 Å². The minimum atomic E-state index is -0.00599. The van der Waals surface area contributed by atoms with E-state index < -0.39 is 0 Å². The van der Waals surface area contributed by atoms with Crippen LogP contribution in [0.2, 0.25) is 0 Å². The summed E-state index contributed by atoms with van der Waals surface area (Å²) in [5.74, 6) is 0.918. The molecule has 0 saturated carbocycles. The SMILES string of the molecule is COc1ccccc1CC(Cl)c1ccc2c(c1)CCCC2.